The Balaban J connectivity index is 2.99. The van der Waals surface area contributed by atoms with E-state index in [1.165, 1.54) is 4.57 Å². The quantitative estimate of drug-likeness (QED) is 0.568. The van der Waals surface area contributed by atoms with Gasteiger partial charge in [-0.25, -0.2) is 0 Å². The van der Waals surface area contributed by atoms with Crippen LogP contribution in [0.4, 0.5) is 0 Å². The van der Waals surface area contributed by atoms with Crippen molar-refractivity contribution in [3.63, 3.8) is 0 Å². The van der Waals surface area contributed by atoms with Gasteiger partial charge in [0.25, 0.3) is 0 Å². The number of fused-ring (bicyclic) bond motifs is 1. The molecule has 0 aliphatic carbocycles. The van der Waals surface area contributed by atoms with Gasteiger partial charge in [-0.05, 0) is 12.1 Å². The Morgan fingerprint density at radius 1 is 1.60 bits per heavy atom. The van der Waals surface area contributed by atoms with Crippen LogP contribution >= 0.6 is 0 Å². The first kappa shape index (κ1) is 5.22. The summed E-state index contributed by atoms with van der Waals surface area (Å²) < 4.78 is 6.25. The van der Waals surface area contributed by atoms with Gasteiger partial charge in [0, 0.05) is 6.20 Å². The Bertz CT molecular complexity index is 400. The molecule has 2 aromatic rings. The zero-order valence-corrected chi connectivity index (χ0v) is 5.11. The Hall–Kier alpha value is -1.58. The van der Waals surface area contributed by atoms with Crippen molar-refractivity contribution in [1.29, 1.82) is 5.41 Å². The van der Waals surface area contributed by atoms with E-state index in [0.717, 1.165) is 5.52 Å². The molecule has 2 heterocycles. The molecule has 0 aliphatic heterocycles. The molecule has 0 aliphatic rings. The molecular weight excluding hydrogens is 130 g/mol. The third-order valence-electron chi connectivity index (χ3n) is 1.27. The van der Waals surface area contributed by atoms with Gasteiger partial charge in [-0.1, -0.05) is 5.16 Å². The van der Waals surface area contributed by atoms with E-state index < -0.39 is 0 Å². The topological polar surface area (TPSA) is 54.3 Å². The van der Waals surface area contributed by atoms with E-state index in [9.17, 15) is 0 Å². The monoisotopic (exact) mass is 135 g/mol. The molecule has 2 aromatic heterocycles. The molecule has 1 N–H and O–H groups in total. The van der Waals surface area contributed by atoms with Gasteiger partial charge in [-0.3, -0.25) is 4.63 Å². The third kappa shape index (κ3) is 0.621. The van der Waals surface area contributed by atoms with E-state index in [4.69, 9.17) is 10.0 Å². The molecule has 4 heteroatoms. The van der Waals surface area contributed by atoms with Crippen LogP contribution in [0.15, 0.2) is 29.2 Å². The molecule has 4 nitrogen and oxygen atoms in total. The van der Waals surface area contributed by atoms with Crippen LogP contribution in [-0.4, -0.2) is 9.73 Å². The van der Waals surface area contributed by atoms with Crippen molar-refractivity contribution in [2.75, 3.05) is 0 Å². The fourth-order valence-corrected chi connectivity index (χ4v) is 0.802. The van der Waals surface area contributed by atoms with Crippen LogP contribution in [0.5, 0.6) is 0 Å². The van der Waals surface area contributed by atoms with Gasteiger partial charge in [0.15, 0.2) is 0 Å². The number of hydrogen-bond donors (Lipinski definition) is 1. The maximum absolute atomic E-state index is 7.23. The van der Waals surface area contributed by atoms with Crippen molar-refractivity contribution in [3.8, 4) is 0 Å². The van der Waals surface area contributed by atoms with Crippen molar-refractivity contribution >= 4 is 5.52 Å². The second-order valence-electron chi connectivity index (χ2n) is 1.98. The van der Waals surface area contributed by atoms with Gasteiger partial charge >= 0.3 is 0 Å². The van der Waals surface area contributed by atoms with Gasteiger partial charge in [-0.15, -0.1) is 0 Å². The van der Waals surface area contributed by atoms with Crippen LogP contribution in [0.25, 0.3) is 5.52 Å². The van der Waals surface area contributed by atoms with Crippen LogP contribution in [0.2, 0.25) is 0 Å². The highest BCUT2D eigenvalue weighted by atomic mass is 16.6. The summed E-state index contributed by atoms with van der Waals surface area (Å²) in [5.41, 5.74) is 0.799. The first-order valence-corrected chi connectivity index (χ1v) is 2.84. The average Bonchev–Trinajstić information content (AvgIpc) is 2.33. The molecule has 0 saturated carbocycles. The fourth-order valence-electron chi connectivity index (χ4n) is 0.802. The van der Waals surface area contributed by atoms with Crippen molar-refractivity contribution in [1.82, 2.24) is 9.73 Å². The summed E-state index contributed by atoms with van der Waals surface area (Å²) >= 11 is 0. The maximum atomic E-state index is 7.23. The number of aromatic nitrogens is 2. The van der Waals surface area contributed by atoms with E-state index in [1.807, 2.05) is 0 Å². The standard InChI is InChI=1S/C6H5N3O/c7-5-1-2-9-6(3-5)4-8-10-9/h1-4,7H. The van der Waals surface area contributed by atoms with E-state index in [1.54, 1.807) is 24.5 Å². The molecule has 0 saturated heterocycles. The van der Waals surface area contributed by atoms with Crippen molar-refractivity contribution in [3.05, 3.63) is 29.9 Å². The molecule has 50 valence electrons. The van der Waals surface area contributed by atoms with Crippen LogP contribution in [-0.2, 0) is 0 Å². The lowest BCUT2D eigenvalue weighted by Gasteiger charge is -1.85. The van der Waals surface area contributed by atoms with Gasteiger partial charge < -0.3 is 5.41 Å². The SMILES string of the molecule is N=c1ccn2oncc2c1. The summed E-state index contributed by atoms with van der Waals surface area (Å²) in [6, 6.07) is 3.31. The lowest BCUT2D eigenvalue weighted by atomic mass is 10.4. The highest BCUT2D eigenvalue weighted by Gasteiger charge is 1.90. The Kier molecular flexibility index (Phi) is 0.887. The lowest BCUT2D eigenvalue weighted by Crippen LogP contribution is -1.97. The number of rotatable bonds is 0. The molecular formula is C6H5N3O. The Labute approximate surface area is 56.2 Å². The summed E-state index contributed by atoms with van der Waals surface area (Å²) in [7, 11) is 0. The van der Waals surface area contributed by atoms with Crippen molar-refractivity contribution in [2.45, 2.75) is 0 Å². The van der Waals surface area contributed by atoms with Gasteiger partial charge in [0.05, 0.1) is 11.6 Å². The minimum atomic E-state index is 0.461. The first-order valence-electron chi connectivity index (χ1n) is 2.84. The van der Waals surface area contributed by atoms with E-state index in [-0.39, 0.29) is 0 Å². The normalized spacial score (nSPS) is 10.4. The number of hydrogen-bond acceptors (Lipinski definition) is 3. The summed E-state index contributed by atoms with van der Waals surface area (Å²) in [6.07, 6.45) is 3.22. The minimum Gasteiger partial charge on any atom is -0.301 e. The second kappa shape index (κ2) is 1.70. The molecule has 0 spiro atoms. The van der Waals surface area contributed by atoms with E-state index in [2.05, 4.69) is 5.16 Å². The second-order valence-corrected chi connectivity index (χ2v) is 1.98. The summed E-state index contributed by atoms with van der Waals surface area (Å²) in [4.78, 5) is 0. The summed E-state index contributed by atoms with van der Waals surface area (Å²) in [5, 5.41) is 11.2. The van der Waals surface area contributed by atoms with Crippen LogP contribution < -0.4 is 5.36 Å². The van der Waals surface area contributed by atoms with Crippen molar-refractivity contribution < 1.29 is 4.63 Å². The highest BCUT2D eigenvalue weighted by Crippen LogP contribution is 1.94. The number of nitrogens with one attached hydrogen (secondary N) is 1. The predicted molar refractivity (Wildman–Crippen MR) is 33.3 cm³/mol. The minimum absolute atomic E-state index is 0.461. The first-order chi connectivity index (χ1) is 4.86. The number of nitrogens with zero attached hydrogens (tertiary/aromatic N) is 2. The zero-order valence-electron chi connectivity index (χ0n) is 5.11. The Morgan fingerprint density at radius 2 is 2.50 bits per heavy atom. The Morgan fingerprint density at radius 3 is 3.40 bits per heavy atom. The third-order valence-corrected chi connectivity index (χ3v) is 1.27. The van der Waals surface area contributed by atoms with E-state index >= 15 is 0 Å². The van der Waals surface area contributed by atoms with Crippen LogP contribution in [0, 0.1) is 5.41 Å². The predicted octanol–water partition coefficient (Wildman–Crippen LogP) is 0.407. The lowest BCUT2D eigenvalue weighted by molar-refractivity contribution is 0.272. The molecule has 2 rings (SSSR count). The smallest absolute Gasteiger partial charge is 0.106 e. The molecule has 0 fully saturated rings. The maximum Gasteiger partial charge on any atom is 0.106 e. The average molecular weight is 135 g/mol. The molecule has 0 atom stereocenters. The van der Waals surface area contributed by atoms with Gasteiger partial charge in [-0.2, -0.15) is 4.57 Å². The van der Waals surface area contributed by atoms with Gasteiger partial charge in [0.2, 0.25) is 0 Å². The molecule has 10 heavy (non-hydrogen) atoms. The highest BCUT2D eigenvalue weighted by molar-refractivity contribution is 5.40. The van der Waals surface area contributed by atoms with Crippen LogP contribution in [0.1, 0.15) is 0 Å². The summed E-state index contributed by atoms with van der Waals surface area (Å²) in [6.45, 7) is 0. The number of pyridine rings is 1. The zero-order chi connectivity index (χ0) is 6.97. The largest absolute Gasteiger partial charge is 0.301 e. The summed E-state index contributed by atoms with van der Waals surface area (Å²) in [5.74, 6) is 0. The van der Waals surface area contributed by atoms with E-state index in [0.29, 0.717) is 5.36 Å². The molecule has 0 amide bonds. The molecule has 0 bridgehead atoms. The van der Waals surface area contributed by atoms with Gasteiger partial charge in [0.1, 0.15) is 5.52 Å². The van der Waals surface area contributed by atoms with Crippen molar-refractivity contribution in [2.24, 2.45) is 0 Å². The molecule has 0 aromatic carbocycles. The fraction of sp³-hybridized carbons (Fsp3) is 0. The van der Waals surface area contributed by atoms with Crippen LogP contribution in [0.3, 0.4) is 0 Å². The molecule has 0 unspecified atom stereocenters. The molecule has 0 radical (unpaired) electrons.